The third kappa shape index (κ3) is 5.31. The Bertz CT molecular complexity index is 567. The zero-order chi connectivity index (χ0) is 17.7. The zero-order valence-electron chi connectivity index (χ0n) is 14.5. The van der Waals surface area contributed by atoms with Crippen molar-refractivity contribution < 1.29 is 9.90 Å². The summed E-state index contributed by atoms with van der Waals surface area (Å²) in [6.45, 7) is 1.26. The average molecular weight is 400 g/mol. The molecule has 25 heavy (non-hydrogen) atoms. The number of amides is 1. The number of carbonyl (C=O) groups excluding carboxylic acids is 1. The highest BCUT2D eigenvalue weighted by molar-refractivity contribution is 8.77. The van der Waals surface area contributed by atoms with Gasteiger partial charge in [0.1, 0.15) is 0 Å². The van der Waals surface area contributed by atoms with Crippen LogP contribution in [-0.2, 0) is 10.4 Å². The van der Waals surface area contributed by atoms with Crippen LogP contribution >= 0.6 is 33.2 Å². The molecule has 138 valence electrons. The number of unbranched alkanes of at least 4 members (excludes halogenated alkanes) is 1. The minimum absolute atomic E-state index is 0.242. The Balaban J connectivity index is 1.40. The molecule has 2 aliphatic heterocycles. The Labute approximate surface area is 163 Å². The molecule has 1 aromatic rings. The van der Waals surface area contributed by atoms with Crippen LogP contribution in [0.1, 0.15) is 50.5 Å². The predicted molar refractivity (Wildman–Crippen MR) is 108 cm³/mol. The molecule has 1 atom stereocenters. The van der Waals surface area contributed by atoms with Crippen LogP contribution in [-0.4, -0.2) is 40.0 Å². The predicted octanol–water partition coefficient (Wildman–Crippen LogP) is 4.86. The Morgan fingerprint density at radius 1 is 1.24 bits per heavy atom. The van der Waals surface area contributed by atoms with Crippen molar-refractivity contribution >= 4 is 39.1 Å². The van der Waals surface area contributed by atoms with Crippen LogP contribution in [0, 0.1) is 0 Å². The van der Waals surface area contributed by atoms with E-state index in [1.807, 2.05) is 50.8 Å². The van der Waals surface area contributed by atoms with E-state index < -0.39 is 5.60 Å². The minimum Gasteiger partial charge on any atom is -0.385 e. The van der Waals surface area contributed by atoms with Gasteiger partial charge in [-0.15, -0.1) is 0 Å². The van der Waals surface area contributed by atoms with Crippen molar-refractivity contribution in [1.29, 1.82) is 0 Å². The first kappa shape index (κ1) is 19.4. The fourth-order valence-electron chi connectivity index (χ4n) is 3.55. The maximum atomic E-state index is 12.4. The Morgan fingerprint density at radius 3 is 2.60 bits per heavy atom. The third-order valence-electron chi connectivity index (χ3n) is 5.22. The Hall–Kier alpha value is -0.360. The number of hydrogen-bond donors (Lipinski definition) is 1. The summed E-state index contributed by atoms with van der Waals surface area (Å²) in [4.78, 5) is 14.3. The number of carbonyl (C=O) groups is 1. The highest BCUT2D eigenvalue weighted by atomic mass is 35.5. The largest absolute Gasteiger partial charge is 0.385 e. The van der Waals surface area contributed by atoms with Crippen LogP contribution in [0.25, 0.3) is 0 Å². The van der Waals surface area contributed by atoms with Crippen LogP contribution in [0.2, 0.25) is 5.02 Å². The SMILES string of the molecule is O=C(CCCCC1CCSS1)N1CCC(O)(c2ccc(Cl)cc2)CC1. The van der Waals surface area contributed by atoms with E-state index >= 15 is 0 Å². The summed E-state index contributed by atoms with van der Waals surface area (Å²) in [6.07, 6.45) is 6.52. The number of piperidine rings is 1. The molecule has 0 aromatic heterocycles. The van der Waals surface area contributed by atoms with Gasteiger partial charge in [0.15, 0.2) is 0 Å². The second-order valence-electron chi connectivity index (χ2n) is 6.99. The summed E-state index contributed by atoms with van der Waals surface area (Å²) >= 11 is 5.93. The monoisotopic (exact) mass is 399 g/mol. The molecule has 1 N–H and O–H groups in total. The van der Waals surface area contributed by atoms with Gasteiger partial charge in [0.05, 0.1) is 5.60 Å². The lowest BCUT2D eigenvalue weighted by Gasteiger charge is -2.38. The van der Waals surface area contributed by atoms with Crippen molar-refractivity contribution in [2.45, 2.75) is 55.8 Å². The standard InChI is InChI=1S/C19H26ClNO2S2/c20-16-7-5-15(6-8-16)19(23)10-12-21(13-11-19)18(22)4-2-1-3-17-9-14-24-25-17/h5-8,17,23H,1-4,9-14H2. The molecule has 1 aromatic carbocycles. The Morgan fingerprint density at radius 2 is 1.96 bits per heavy atom. The van der Waals surface area contributed by atoms with Crippen molar-refractivity contribution in [2.24, 2.45) is 0 Å². The Kier molecular flexibility index (Phi) is 7.01. The molecular weight excluding hydrogens is 374 g/mol. The van der Waals surface area contributed by atoms with E-state index in [2.05, 4.69) is 0 Å². The smallest absolute Gasteiger partial charge is 0.222 e. The van der Waals surface area contributed by atoms with Gasteiger partial charge in [-0.3, -0.25) is 4.79 Å². The van der Waals surface area contributed by atoms with E-state index in [9.17, 15) is 9.90 Å². The van der Waals surface area contributed by atoms with Crippen LogP contribution in [0.4, 0.5) is 0 Å². The van der Waals surface area contributed by atoms with E-state index in [0.29, 0.717) is 37.4 Å². The van der Waals surface area contributed by atoms with Gasteiger partial charge >= 0.3 is 0 Å². The molecule has 0 radical (unpaired) electrons. The second-order valence-corrected chi connectivity index (χ2v) is 10.2. The highest BCUT2D eigenvalue weighted by Crippen LogP contribution is 2.40. The van der Waals surface area contributed by atoms with Gasteiger partial charge in [0.2, 0.25) is 5.91 Å². The van der Waals surface area contributed by atoms with Crippen molar-refractivity contribution in [1.82, 2.24) is 4.90 Å². The molecule has 0 bridgehead atoms. The lowest BCUT2D eigenvalue weighted by atomic mass is 9.84. The highest BCUT2D eigenvalue weighted by Gasteiger charge is 2.35. The molecule has 2 heterocycles. The first-order valence-corrected chi connectivity index (χ1v) is 11.9. The number of rotatable bonds is 6. The van der Waals surface area contributed by atoms with Crippen molar-refractivity contribution in [3.05, 3.63) is 34.9 Å². The van der Waals surface area contributed by atoms with E-state index in [0.717, 1.165) is 23.7 Å². The molecule has 3 rings (SSSR count). The van der Waals surface area contributed by atoms with Gasteiger partial charge in [-0.2, -0.15) is 0 Å². The first-order chi connectivity index (χ1) is 12.1. The van der Waals surface area contributed by atoms with E-state index in [1.54, 1.807) is 0 Å². The molecule has 0 spiro atoms. The summed E-state index contributed by atoms with van der Waals surface area (Å²) in [5.41, 5.74) is 0.0644. The fraction of sp³-hybridized carbons (Fsp3) is 0.632. The third-order valence-corrected chi connectivity index (χ3v) is 8.48. The first-order valence-electron chi connectivity index (χ1n) is 9.11. The van der Waals surface area contributed by atoms with Gasteiger partial charge < -0.3 is 10.0 Å². The topological polar surface area (TPSA) is 40.5 Å². The molecule has 2 aliphatic rings. The molecule has 6 heteroatoms. The number of hydrogen-bond acceptors (Lipinski definition) is 4. The number of nitrogens with zero attached hydrogens (tertiary/aromatic N) is 1. The minimum atomic E-state index is -0.835. The molecule has 0 saturated carbocycles. The molecule has 1 amide bonds. The fourth-order valence-corrected chi connectivity index (χ4v) is 6.70. The van der Waals surface area contributed by atoms with Crippen molar-refractivity contribution in [3.8, 4) is 0 Å². The van der Waals surface area contributed by atoms with Gasteiger partial charge in [-0.25, -0.2) is 0 Å². The van der Waals surface area contributed by atoms with Crippen LogP contribution in [0.15, 0.2) is 24.3 Å². The van der Waals surface area contributed by atoms with E-state index in [4.69, 9.17) is 11.6 Å². The summed E-state index contributed by atoms with van der Waals surface area (Å²) in [5, 5.41) is 12.4. The lowest BCUT2D eigenvalue weighted by molar-refractivity contribution is -0.135. The normalized spacial score (nSPS) is 23.0. The van der Waals surface area contributed by atoms with Gasteiger partial charge in [0.25, 0.3) is 0 Å². The number of halogens is 1. The van der Waals surface area contributed by atoms with Crippen LogP contribution in [0.5, 0.6) is 0 Å². The van der Waals surface area contributed by atoms with Gasteiger partial charge in [-0.05, 0) is 49.8 Å². The second kappa shape index (κ2) is 9.03. The average Bonchev–Trinajstić information content (AvgIpc) is 3.13. The number of likely N-dealkylation sites (tertiary alicyclic amines) is 1. The number of aliphatic hydroxyl groups is 1. The summed E-state index contributed by atoms with van der Waals surface area (Å²) in [6, 6.07) is 7.40. The zero-order valence-corrected chi connectivity index (χ0v) is 16.8. The quantitative estimate of drug-likeness (QED) is 0.547. The summed E-state index contributed by atoms with van der Waals surface area (Å²) < 4.78 is 0. The molecule has 1 unspecified atom stereocenters. The molecule has 2 saturated heterocycles. The maximum Gasteiger partial charge on any atom is 0.222 e. The van der Waals surface area contributed by atoms with Crippen molar-refractivity contribution in [3.63, 3.8) is 0 Å². The molecule has 3 nitrogen and oxygen atoms in total. The maximum absolute atomic E-state index is 12.4. The summed E-state index contributed by atoms with van der Waals surface area (Å²) in [7, 11) is 3.99. The van der Waals surface area contributed by atoms with Gasteiger partial charge in [-0.1, -0.05) is 51.7 Å². The van der Waals surface area contributed by atoms with Crippen LogP contribution in [0.3, 0.4) is 0 Å². The summed E-state index contributed by atoms with van der Waals surface area (Å²) in [5.74, 6) is 1.52. The van der Waals surface area contributed by atoms with E-state index in [1.165, 1.54) is 18.6 Å². The molecule has 2 fully saturated rings. The molecule has 0 aliphatic carbocycles. The van der Waals surface area contributed by atoms with Crippen LogP contribution < -0.4 is 0 Å². The van der Waals surface area contributed by atoms with Crippen molar-refractivity contribution in [2.75, 3.05) is 18.8 Å². The van der Waals surface area contributed by atoms with E-state index in [-0.39, 0.29) is 5.91 Å². The lowest BCUT2D eigenvalue weighted by Crippen LogP contribution is -2.45. The van der Waals surface area contributed by atoms with Gasteiger partial charge in [0, 0.05) is 35.5 Å². The number of benzene rings is 1. The molecular formula is C19H26ClNO2S2.